The highest BCUT2D eigenvalue weighted by atomic mass is 32.2. The van der Waals surface area contributed by atoms with Crippen molar-refractivity contribution < 1.29 is 22.7 Å². The summed E-state index contributed by atoms with van der Waals surface area (Å²) in [5.41, 5.74) is 1.88. The van der Waals surface area contributed by atoms with E-state index in [0.717, 1.165) is 40.7 Å². The van der Waals surface area contributed by atoms with Gasteiger partial charge in [0.05, 0.1) is 17.5 Å². The van der Waals surface area contributed by atoms with Crippen molar-refractivity contribution >= 4 is 26.8 Å². The van der Waals surface area contributed by atoms with E-state index in [1.165, 1.54) is 0 Å². The fourth-order valence-electron chi connectivity index (χ4n) is 3.36. The van der Waals surface area contributed by atoms with E-state index >= 15 is 0 Å². The minimum Gasteiger partial charge on any atom is -0.394 e. The van der Waals surface area contributed by atoms with Crippen LogP contribution in [-0.2, 0) is 21.2 Å². The van der Waals surface area contributed by atoms with Crippen molar-refractivity contribution in [1.29, 1.82) is 0 Å². The van der Waals surface area contributed by atoms with Crippen molar-refractivity contribution in [2.24, 2.45) is 5.92 Å². The van der Waals surface area contributed by atoms with Gasteiger partial charge in [0.2, 0.25) is 15.9 Å². The summed E-state index contributed by atoms with van der Waals surface area (Å²) in [7, 11) is -4.03. The number of hydrogen-bond acceptors (Lipinski definition) is 4. The van der Waals surface area contributed by atoms with Gasteiger partial charge in [0.1, 0.15) is 11.9 Å². The fraction of sp³-hybridized carbons (Fsp3) is 0.318. The first kappa shape index (κ1) is 22.9. The van der Waals surface area contributed by atoms with Crippen LogP contribution in [0.15, 0.2) is 59.6 Å². The molecular weight excluding hydrogens is 421 g/mol. The predicted molar refractivity (Wildman–Crippen MR) is 116 cm³/mol. The van der Waals surface area contributed by atoms with E-state index in [9.17, 15) is 22.7 Å². The van der Waals surface area contributed by atoms with Gasteiger partial charge in [0.25, 0.3) is 0 Å². The van der Waals surface area contributed by atoms with Crippen LogP contribution in [0.25, 0.3) is 10.9 Å². The largest absolute Gasteiger partial charge is 0.394 e. The van der Waals surface area contributed by atoms with Crippen molar-refractivity contribution in [3.63, 3.8) is 0 Å². The number of sulfonamides is 1. The molecule has 0 fully saturated rings. The van der Waals surface area contributed by atoms with Crippen LogP contribution >= 0.6 is 0 Å². The second kappa shape index (κ2) is 9.59. The fourth-order valence-corrected chi connectivity index (χ4v) is 4.70. The van der Waals surface area contributed by atoms with Gasteiger partial charge >= 0.3 is 0 Å². The quantitative estimate of drug-likeness (QED) is 0.403. The number of carbonyl (C=O) groups excluding carboxylic acids is 1. The minimum absolute atomic E-state index is 0.134. The summed E-state index contributed by atoms with van der Waals surface area (Å²) >= 11 is 0. The molecule has 1 aromatic heterocycles. The van der Waals surface area contributed by atoms with Gasteiger partial charge in [-0.1, -0.05) is 32.0 Å². The van der Waals surface area contributed by atoms with Gasteiger partial charge < -0.3 is 15.4 Å². The molecule has 1 heterocycles. The Hall–Kier alpha value is -2.75. The first-order valence-electron chi connectivity index (χ1n) is 9.95. The third-order valence-corrected chi connectivity index (χ3v) is 6.52. The summed E-state index contributed by atoms with van der Waals surface area (Å²) < 4.78 is 40.8. The van der Waals surface area contributed by atoms with Gasteiger partial charge in [-0.25, -0.2) is 12.8 Å². The molecule has 7 nitrogen and oxygen atoms in total. The Bertz CT molecular complexity index is 1140. The molecule has 0 unspecified atom stereocenters. The van der Waals surface area contributed by atoms with Gasteiger partial charge in [0, 0.05) is 17.1 Å². The number of halogens is 1. The van der Waals surface area contributed by atoms with Gasteiger partial charge in [-0.2, -0.15) is 4.72 Å². The summed E-state index contributed by atoms with van der Waals surface area (Å²) in [4.78, 5) is 15.9. The molecule has 0 radical (unpaired) electrons. The van der Waals surface area contributed by atoms with Crippen LogP contribution in [0, 0.1) is 11.7 Å². The van der Waals surface area contributed by atoms with E-state index in [2.05, 4.69) is 15.0 Å². The third-order valence-electron chi connectivity index (χ3n) is 5.06. The number of aromatic amines is 1. The second-order valence-electron chi connectivity index (χ2n) is 7.75. The maximum atomic E-state index is 13.1. The third kappa shape index (κ3) is 5.49. The van der Waals surface area contributed by atoms with Gasteiger partial charge in [0.15, 0.2) is 0 Å². The molecule has 31 heavy (non-hydrogen) atoms. The average Bonchev–Trinajstić information content (AvgIpc) is 3.14. The predicted octanol–water partition coefficient (Wildman–Crippen LogP) is 2.33. The number of amides is 1. The van der Waals surface area contributed by atoms with Gasteiger partial charge in [-0.15, -0.1) is 0 Å². The maximum Gasteiger partial charge on any atom is 0.241 e. The molecule has 4 N–H and O–H groups in total. The van der Waals surface area contributed by atoms with Crippen molar-refractivity contribution in [3.8, 4) is 0 Å². The Labute approximate surface area is 180 Å². The summed E-state index contributed by atoms with van der Waals surface area (Å²) in [5, 5.41) is 13.5. The van der Waals surface area contributed by atoms with Crippen molar-refractivity contribution in [2.75, 3.05) is 6.61 Å². The van der Waals surface area contributed by atoms with Crippen LogP contribution in [0.4, 0.5) is 4.39 Å². The number of aliphatic hydroxyl groups excluding tert-OH is 1. The Balaban J connectivity index is 1.73. The number of fused-ring (bicyclic) bond motifs is 1. The summed E-state index contributed by atoms with van der Waals surface area (Å²) in [6, 6.07) is 10.4. The highest BCUT2D eigenvalue weighted by molar-refractivity contribution is 7.89. The highest BCUT2D eigenvalue weighted by Gasteiger charge is 2.29. The number of carbonyl (C=O) groups is 1. The zero-order chi connectivity index (χ0) is 22.6. The smallest absolute Gasteiger partial charge is 0.241 e. The van der Waals surface area contributed by atoms with Crippen molar-refractivity contribution in [3.05, 3.63) is 66.1 Å². The van der Waals surface area contributed by atoms with Gasteiger partial charge in [-0.3, -0.25) is 4.79 Å². The van der Waals surface area contributed by atoms with E-state index in [1.54, 1.807) is 13.8 Å². The molecule has 0 bridgehead atoms. The number of aliphatic hydroxyl groups is 1. The number of hydrogen-bond donors (Lipinski definition) is 4. The Morgan fingerprint density at radius 2 is 1.81 bits per heavy atom. The Kier molecular flexibility index (Phi) is 7.09. The number of rotatable bonds is 9. The summed E-state index contributed by atoms with van der Waals surface area (Å²) in [6.07, 6.45) is 2.21. The van der Waals surface area contributed by atoms with E-state index in [-0.39, 0.29) is 17.4 Å². The number of benzene rings is 2. The average molecular weight is 448 g/mol. The molecule has 0 saturated heterocycles. The van der Waals surface area contributed by atoms with Crippen LogP contribution in [0.2, 0.25) is 0 Å². The molecule has 3 aromatic rings. The molecule has 0 aliphatic carbocycles. The molecule has 0 spiro atoms. The number of nitrogens with one attached hydrogen (secondary N) is 3. The van der Waals surface area contributed by atoms with Crippen LogP contribution < -0.4 is 10.0 Å². The first-order valence-corrected chi connectivity index (χ1v) is 11.4. The van der Waals surface area contributed by atoms with Gasteiger partial charge in [-0.05, 0) is 48.2 Å². The van der Waals surface area contributed by atoms with Crippen LogP contribution in [0.5, 0.6) is 0 Å². The van der Waals surface area contributed by atoms with Crippen LogP contribution in [0.1, 0.15) is 19.4 Å². The lowest BCUT2D eigenvalue weighted by Gasteiger charge is -2.24. The first-order chi connectivity index (χ1) is 14.7. The van der Waals surface area contributed by atoms with E-state index in [4.69, 9.17) is 0 Å². The second-order valence-corrected chi connectivity index (χ2v) is 9.46. The van der Waals surface area contributed by atoms with Crippen molar-refractivity contribution in [1.82, 2.24) is 15.0 Å². The summed E-state index contributed by atoms with van der Waals surface area (Å²) in [6.45, 7) is 3.12. The molecule has 2 aromatic carbocycles. The van der Waals surface area contributed by atoms with Crippen LogP contribution in [-0.4, -0.2) is 43.1 Å². The number of aromatic nitrogens is 1. The summed E-state index contributed by atoms with van der Waals surface area (Å²) in [5.74, 6) is -1.46. The lowest BCUT2D eigenvalue weighted by atomic mass is 10.0. The molecule has 0 aliphatic heterocycles. The Morgan fingerprint density at radius 1 is 1.13 bits per heavy atom. The molecule has 166 valence electrons. The lowest BCUT2D eigenvalue weighted by Crippen LogP contribution is -2.53. The minimum atomic E-state index is -4.03. The topological polar surface area (TPSA) is 111 Å². The molecule has 9 heteroatoms. The molecule has 1 amide bonds. The number of para-hydroxylation sites is 1. The SMILES string of the molecule is CC(C)[C@H](NS(=O)(=O)c1ccc(F)cc1)C(=O)N[C@H](CO)Cc1c[nH]c2ccccc12. The molecule has 0 aliphatic rings. The highest BCUT2D eigenvalue weighted by Crippen LogP contribution is 2.19. The van der Waals surface area contributed by atoms with E-state index in [1.807, 2.05) is 30.5 Å². The van der Waals surface area contributed by atoms with Crippen LogP contribution in [0.3, 0.4) is 0 Å². The Morgan fingerprint density at radius 3 is 2.45 bits per heavy atom. The maximum absolute atomic E-state index is 13.1. The normalized spacial score (nSPS) is 14.0. The number of H-pyrrole nitrogens is 1. The van der Waals surface area contributed by atoms with E-state index < -0.39 is 33.8 Å². The lowest BCUT2D eigenvalue weighted by molar-refractivity contribution is -0.124. The molecule has 0 saturated carbocycles. The standard InChI is InChI=1S/C22H26FN3O4S/c1-14(2)21(26-31(29,30)18-9-7-16(23)8-10-18)22(28)25-17(13-27)11-15-12-24-20-6-4-3-5-19(15)20/h3-10,12,14,17,21,24,26-27H,11,13H2,1-2H3,(H,25,28)/t17-,21-/m0/s1. The monoisotopic (exact) mass is 447 g/mol. The zero-order valence-corrected chi connectivity index (χ0v) is 18.1. The molecular formula is C22H26FN3O4S. The zero-order valence-electron chi connectivity index (χ0n) is 17.3. The van der Waals surface area contributed by atoms with E-state index in [0.29, 0.717) is 6.42 Å². The molecule has 2 atom stereocenters. The van der Waals surface area contributed by atoms with Crippen molar-refractivity contribution in [2.45, 2.75) is 37.2 Å². The molecule has 3 rings (SSSR count).